The minimum atomic E-state index is -0.812. The van der Waals surface area contributed by atoms with E-state index in [0.29, 0.717) is 0 Å². The molecule has 1 aromatic rings. The fourth-order valence-corrected chi connectivity index (χ4v) is 1.75. The third kappa shape index (κ3) is 2.84. The van der Waals surface area contributed by atoms with E-state index in [1.54, 1.807) is 13.8 Å². The van der Waals surface area contributed by atoms with Gasteiger partial charge in [-0.1, -0.05) is 42.2 Å². The van der Waals surface area contributed by atoms with Gasteiger partial charge in [0.1, 0.15) is 0 Å². The average Bonchev–Trinajstić information content (AvgIpc) is 2.60. The Bertz CT molecular complexity index is 483. The standard InChI is InChI=1S/C15H16O3/c1-12-15(2,18-14(16)17-12)11-7-6-10-13-8-4-3-5-9-13/h3-5,8-9,12H,6,10H2,1-2H3. The van der Waals surface area contributed by atoms with E-state index >= 15 is 0 Å². The molecule has 1 fully saturated rings. The van der Waals surface area contributed by atoms with Gasteiger partial charge in [0, 0.05) is 6.42 Å². The van der Waals surface area contributed by atoms with Gasteiger partial charge in [0.15, 0.2) is 6.10 Å². The lowest BCUT2D eigenvalue weighted by Crippen LogP contribution is -2.32. The molecule has 0 N–H and O–H groups in total. The van der Waals surface area contributed by atoms with Gasteiger partial charge < -0.3 is 9.47 Å². The van der Waals surface area contributed by atoms with E-state index in [0.717, 1.165) is 12.8 Å². The van der Waals surface area contributed by atoms with Crippen molar-refractivity contribution in [1.29, 1.82) is 0 Å². The molecule has 0 radical (unpaired) electrons. The minimum absolute atomic E-state index is 0.325. The number of aryl methyl sites for hydroxylation is 1. The lowest BCUT2D eigenvalue weighted by Gasteiger charge is -2.16. The van der Waals surface area contributed by atoms with Crippen LogP contribution in [-0.4, -0.2) is 17.9 Å². The van der Waals surface area contributed by atoms with Gasteiger partial charge in [0.05, 0.1) is 0 Å². The molecule has 0 aliphatic carbocycles. The predicted molar refractivity (Wildman–Crippen MR) is 68.0 cm³/mol. The van der Waals surface area contributed by atoms with E-state index in [2.05, 4.69) is 24.0 Å². The Morgan fingerprint density at radius 3 is 2.67 bits per heavy atom. The second kappa shape index (κ2) is 5.14. The Morgan fingerprint density at radius 1 is 1.33 bits per heavy atom. The second-order valence-corrected chi connectivity index (χ2v) is 4.51. The van der Waals surface area contributed by atoms with Crippen molar-refractivity contribution < 1.29 is 14.3 Å². The van der Waals surface area contributed by atoms with E-state index < -0.39 is 11.8 Å². The number of ether oxygens (including phenoxy) is 2. The van der Waals surface area contributed by atoms with Crippen molar-refractivity contribution in [2.45, 2.75) is 38.4 Å². The van der Waals surface area contributed by atoms with Gasteiger partial charge in [-0.2, -0.15) is 0 Å². The maximum absolute atomic E-state index is 11.0. The Balaban J connectivity index is 1.91. The molecule has 0 aromatic heterocycles. The van der Waals surface area contributed by atoms with Crippen LogP contribution >= 0.6 is 0 Å². The molecule has 1 aliphatic rings. The molecule has 1 aromatic carbocycles. The first-order chi connectivity index (χ1) is 8.60. The summed E-state index contributed by atoms with van der Waals surface area (Å²) in [6.45, 7) is 3.56. The third-order valence-electron chi connectivity index (χ3n) is 3.06. The third-order valence-corrected chi connectivity index (χ3v) is 3.06. The minimum Gasteiger partial charge on any atom is -0.426 e. The average molecular weight is 244 g/mol. The van der Waals surface area contributed by atoms with E-state index in [4.69, 9.17) is 9.47 Å². The Kier molecular flexibility index (Phi) is 3.57. The first-order valence-electron chi connectivity index (χ1n) is 6.04. The van der Waals surface area contributed by atoms with Gasteiger partial charge in [-0.25, -0.2) is 4.79 Å². The lowest BCUT2D eigenvalue weighted by atomic mass is 10.0. The Hall–Kier alpha value is -1.95. The van der Waals surface area contributed by atoms with Gasteiger partial charge >= 0.3 is 6.16 Å². The van der Waals surface area contributed by atoms with Crippen molar-refractivity contribution in [3.05, 3.63) is 35.9 Å². The van der Waals surface area contributed by atoms with Crippen LogP contribution in [0.2, 0.25) is 0 Å². The molecule has 3 heteroatoms. The van der Waals surface area contributed by atoms with E-state index in [1.165, 1.54) is 5.56 Å². The number of rotatable bonds is 2. The van der Waals surface area contributed by atoms with Crippen LogP contribution in [0, 0.1) is 11.8 Å². The molecular formula is C15H16O3. The van der Waals surface area contributed by atoms with Crippen LogP contribution in [-0.2, 0) is 15.9 Å². The fraction of sp³-hybridized carbons (Fsp3) is 0.400. The highest BCUT2D eigenvalue weighted by atomic mass is 16.8. The molecule has 0 spiro atoms. The zero-order chi connectivity index (χ0) is 13.0. The summed E-state index contributed by atoms with van der Waals surface area (Å²) in [5, 5.41) is 0. The summed E-state index contributed by atoms with van der Waals surface area (Å²) in [6.07, 6.45) is 0.674. The van der Waals surface area contributed by atoms with Crippen molar-refractivity contribution in [2.75, 3.05) is 0 Å². The zero-order valence-corrected chi connectivity index (χ0v) is 10.6. The molecule has 1 heterocycles. The summed E-state index contributed by atoms with van der Waals surface area (Å²) in [6, 6.07) is 10.2. The number of hydrogen-bond donors (Lipinski definition) is 0. The fourth-order valence-electron chi connectivity index (χ4n) is 1.75. The molecule has 0 saturated carbocycles. The summed E-state index contributed by atoms with van der Waals surface area (Å²) < 4.78 is 10.0. The monoisotopic (exact) mass is 244 g/mol. The molecule has 1 saturated heterocycles. The lowest BCUT2D eigenvalue weighted by molar-refractivity contribution is 0.101. The molecule has 2 atom stereocenters. The zero-order valence-electron chi connectivity index (χ0n) is 10.6. The van der Waals surface area contributed by atoms with Gasteiger partial charge in [0.2, 0.25) is 5.60 Å². The maximum atomic E-state index is 11.0. The smallest absolute Gasteiger partial charge is 0.426 e. The topological polar surface area (TPSA) is 35.5 Å². The molecule has 2 rings (SSSR count). The van der Waals surface area contributed by atoms with Gasteiger partial charge in [-0.05, 0) is 25.8 Å². The molecule has 0 amide bonds. The molecule has 94 valence electrons. The number of benzene rings is 1. The quantitative estimate of drug-likeness (QED) is 0.592. The van der Waals surface area contributed by atoms with Crippen LogP contribution in [0.1, 0.15) is 25.8 Å². The van der Waals surface area contributed by atoms with Crippen molar-refractivity contribution in [3.63, 3.8) is 0 Å². The van der Waals surface area contributed by atoms with Crippen LogP contribution in [0.3, 0.4) is 0 Å². The first-order valence-corrected chi connectivity index (χ1v) is 6.04. The van der Waals surface area contributed by atoms with Crippen molar-refractivity contribution in [1.82, 2.24) is 0 Å². The number of carbonyl (C=O) groups is 1. The van der Waals surface area contributed by atoms with Crippen molar-refractivity contribution in [2.24, 2.45) is 0 Å². The number of cyclic esters (lactones) is 2. The van der Waals surface area contributed by atoms with Crippen LogP contribution in [0.4, 0.5) is 4.79 Å². The van der Waals surface area contributed by atoms with E-state index in [1.807, 2.05) is 18.2 Å². The molecule has 3 nitrogen and oxygen atoms in total. The Labute approximate surface area is 107 Å². The van der Waals surface area contributed by atoms with Crippen LogP contribution in [0.15, 0.2) is 30.3 Å². The SMILES string of the molecule is CC1OC(=O)OC1(C)C#CCCc1ccccc1. The summed E-state index contributed by atoms with van der Waals surface area (Å²) >= 11 is 0. The maximum Gasteiger partial charge on any atom is 0.510 e. The van der Waals surface area contributed by atoms with Gasteiger partial charge in [0.25, 0.3) is 0 Å². The largest absolute Gasteiger partial charge is 0.510 e. The molecule has 1 aliphatic heterocycles. The van der Waals surface area contributed by atoms with Gasteiger partial charge in [-0.15, -0.1) is 0 Å². The highest BCUT2D eigenvalue weighted by Crippen LogP contribution is 2.25. The van der Waals surface area contributed by atoms with Crippen molar-refractivity contribution in [3.8, 4) is 11.8 Å². The summed E-state index contributed by atoms with van der Waals surface area (Å²) in [7, 11) is 0. The molecular weight excluding hydrogens is 228 g/mol. The van der Waals surface area contributed by atoms with Crippen LogP contribution in [0.25, 0.3) is 0 Å². The number of carbonyl (C=O) groups excluding carboxylic acids is 1. The van der Waals surface area contributed by atoms with E-state index in [-0.39, 0.29) is 6.10 Å². The molecule has 2 unspecified atom stereocenters. The summed E-state index contributed by atoms with van der Waals surface area (Å²) in [5.41, 5.74) is 0.443. The number of hydrogen-bond acceptors (Lipinski definition) is 3. The van der Waals surface area contributed by atoms with E-state index in [9.17, 15) is 4.79 Å². The highest BCUT2D eigenvalue weighted by Gasteiger charge is 2.43. The summed E-state index contributed by atoms with van der Waals surface area (Å²) in [4.78, 5) is 11.0. The van der Waals surface area contributed by atoms with Crippen LogP contribution < -0.4 is 0 Å². The Morgan fingerprint density at radius 2 is 2.06 bits per heavy atom. The van der Waals surface area contributed by atoms with Crippen LogP contribution in [0.5, 0.6) is 0 Å². The molecule has 0 bridgehead atoms. The van der Waals surface area contributed by atoms with Gasteiger partial charge in [-0.3, -0.25) is 0 Å². The predicted octanol–water partition coefficient (Wildman–Crippen LogP) is 2.94. The highest BCUT2D eigenvalue weighted by molar-refractivity contribution is 5.64. The normalized spacial score (nSPS) is 25.9. The summed E-state index contributed by atoms with van der Waals surface area (Å²) in [5.74, 6) is 6.05. The molecule has 18 heavy (non-hydrogen) atoms. The second-order valence-electron chi connectivity index (χ2n) is 4.51. The van der Waals surface area contributed by atoms with Crippen molar-refractivity contribution >= 4 is 6.16 Å². The first kappa shape index (κ1) is 12.5.